The smallest absolute Gasteiger partial charge is 0.364 e. The van der Waals surface area contributed by atoms with Gasteiger partial charge in [0.15, 0.2) is 5.65 Å². The number of para-hydroxylation sites is 1. The number of aromatic nitrogens is 3. The average molecular weight is 399 g/mol. The molecular weight excluding hydrogens is 388 g/mol. The minimum absolute atomic E-state index is 0.00956. The maximum absolute atomic E-state index is 13.2. The number of benzene rings is 1. The predicted molar refractivity (Wildman–Crippen MR) is 92.1 cm³/mol. The Labute approximate surface area is 154 Å². The molecule has 27 heavy (non-hydrogen) atoms. The van der Waals surface area contributed by atoms with Crippen LogP contribution in [0.4, 0.5) is 23.4 Å². The maximum atomic E-state index is 13.2. The number of nitrogens with zero attached hydrogens (tertiary/aromatic N) is 3. The fraction of sp³-hybridized carbons (Fsp3) is 0.235. The van der Waals surface area contributed by atoms with Crippen LogP contribution in [0.5, 0.6) is 0 Å². The van der Waals surface area contributed by atoms with Gasteiger partial charge < -0.3 is 5.32 Å². The molecule has 1 aromatic carbocycles. The summed E-state index contributed by atoms with van der Waals surface area (Å²) in [6.45, 7) is 0. The third kappa shape index (κ3) is 3.23. The Morgan fingerprint density at radius 1 is 1.15 bits per heavy atom. The largest absolute Gasteiger partial charge is 0.433 e. The van der Waals surface area contributed by atoms with Gasteiger partial charge in [0, 0.05) is 6.42 Å². The molecule has 0 unspecified atom stereocenters. The van der Waals surface area contributed by atoms with Gasteiger partial charge in [0.05, 0.1) is 22.1 Å². The lowest BCUT2D eigenvalue weighted by molar-refractivity contribution is -0.141. The Hall–Kier alpha value is -2.68. The number of pyridine rings is 1. The highest BCUT2D eigenvalue weighted by molar-refractivity contribution is 6.32. The quantitative estimate of drug-likeness (QED) is 0.678. The first-order chi connectivity index (χ1) is 12.8. The van der Waals surface area contributed by atoms with Gasteiger partial charge in [-0.3, -0.25) is 0 Å². The van der Waals surface area contributed by atoms with E-state index in [9.17, 15) is 22.4 Å². The molecule has 0 radical (unpaired) electrons. The molecule has 2 aromatic heterocycles. The minimum atomic E-state index is -4.70. The highest BCUT2D eigenvalue weighted by atomic mass is 35.5. The third-order valence-electron chi connectivity index (χ3n) is 4.16. The highest BCUT2D eigenvalue weighted by Crippen LogP contribution is 2.34. The van der Waals surface area contributed by atoms with Crippen LogP contribution < -0.4 is 11.0 Å². The van der Waals surface area contributed by atoms with Gasteiger partial charge >= 0.3 is 11.9 Å². The van der Waals surface area contributed by atoms with E-state index in [1.54, 1.807) is 12.1 Å². The Morgan fingerprint density at radius 3 is 2.48 bits per heavy atom. The lowest BCUT2D eigenvalue weighted by Crippen LogP contribution is -2.25. The molecule has 0 saturated heterocycles. The van der Waals surface area contributed by atoms with E-state index in [-0.39, 0.29) is 34.0 Å². The van der Waals surface area contributed by atoms with Crippen molar-refractivity contribution in [1.82, 2.24) is 14.5 Å². The molecule has 4 rings (SSSR count). The number of hydrogen-bond donors (Lipinski definition) is 1. The van der Waals surface area contributed by atoms with Crippen LogP contribution in [0.25, 0.3) is 16.7 Å². The van der Waals surface area contributed by atoms with Gasteiger partial charge in [-0.1, -0.05) is 23.7 Å². The van der Waals surface area contributed by atoms with Crippen molar-refractivity contribution >= 4 is 28.5 Å². The van der Waals surface area contributed by atoms with Gasteiger partial charge in [0.1, 0.15) is 17.7 Å². The molecule has 2 atom stereocenters. The first-order valence-corrected chi connectivity index (χ1v) is 8.30. The van der Waals surface area contributed by atoms with Crippen LogP contribution in [0.3, 0.4) is 0 Å². The van der Waals surface area contributed by atoms with Crippen molar-refractivity contribution in [2.75, 3.05) is 5.32 Å². The molecule has 3 aromatic rings. The van der Waals surface area contributed by atoms with Crippen LogP contribution in [-0.4, -0.2) is 26.7 Å². The van der Waals surface area contributed by atoms with Crippen LogP contribution in [0.2, 0.25) is 5.02 Å². The van der Waals surface area contributed by atoms with E-state index < -0.39 is 29.8 Å². The van der Waals surface area contributed by atoms with Crippen LogP contribution in [0, 0.1) is 0 Å². The minimum Gasteiger partial charge on any atom is -0.364 e. The first-order valence-electron chi connectivity index (χ1n) is 7.92. The van der Waals surface area contributed by atoms with Gasteiger partial charge in [-0.15, -0.1) is 0 Å². The van der Waals surface area contributed by atoms with Crippen molar-refractivity contribution in [3.63, 3.8) is 0 Å². The van der Waals surface area contributed by atoms with Crippen molar-refractivity contribution in [3.8, 4) is 5.69 Å². The van der Waals surface area contributed by atoms with Crippen LogP contribution in [0.15, 0.2) is 41.2 Å². The van der Waals surface area contributed by atoms with Gasteiger partial charge in [0.25, 0.3) is 0 Å². The molecule has 1 saturated carbocycles. The molecule has 1 aliphatic rings. The molecule has 1 fully saturated rings. The molecular formula is C17H11ClF4N4O. The Morgan fingerprint density at radius 2 is 1.85 bits per heavy atom. The Kier molecular flexibility index (Phi) is 4.06. The Bertz CT molecular complexity index is 1100. The molecule has 0 bridgehead atoms. The normalized spacial score (nSPS) is 19.3. The van der Waals surface area contributed by atoms with E-state index in [2.05, 4.69) is 15.3 Å². The van der Waals surface area contributed by atoms with Crippen molar-refractivity contribution in [2.45, 2.75) is 24.8 Å². The second-order valence-corrected chi connectivity index (χ2v) is 6.50. The molecule has 1 N–H and O–H groups in total. The predicted octanol–water partition coefficient (Wildman–Crippen LogP) is 3.98. The molecule has 10 heteroatoms. The molecule has 0 amide bonds. The molecule has 2 heterocycles. The van der Waals surface area contributed by atoms with Crippen molar-refractivity contribution < 1.29 is 17.6 Å². The number of rotatable bonds is 3. The van der Waals surface area contributed by atoms with Crippen molar-refractivity contribution in [2.24, 2.45) is 0 Å². The second kappa shape index (κ2) is 6.19. The second-order valence-electron chi connectivity index (χ2n) is 6.10. The summed E-state index contributed by atoms with van der Waals surface area (Å²) >= 11 is 6.11. The lowest BCUT2D eigenvalue weighted by atomic mass is 10.2. The van der Waals surface area contributed by atoms with E-state index in [1.807, 2.05) is 0 Å². The van der Waals surface area contributed by atoms with Gasteiger partial charge in [-0.25, -0.2) is 18.7 Å². The zero-order valence-corrected chi connectivity index (χ0v) is 14.2. The van der Waals surface area contributed by atoms with Gasteiger partial charge in [0.2, 0.25) is 0 Å². The van der Waals surface area contributed by atoms with Gasteiger partial charge in [-0.2, -0.15) is 18.2 Å². The van der Waals surface area contributed by atoms with Crippen LogP contribution >= 0.6 is 11.6 Å². The summed E-state index contributed by atoms with van der Waals surface area (Å²) in [4.78, 5) is 20.1. The summed E-state index contributed by atoms with van der Waals surface area (Å²) in [6.07, 6.45) is -5.55. The van der Waals surface area contributed by atoms with E-state index in [4.69, 9.17) is 11.6 Å². The number of nitrogens with one attached hydrogen (secondary N) is 1. The monoisotopic (exact) mass is 398 g/mol. The third-order valence-corrected chi connectivity index (χ3v) is 4.48. The first kappa shape index (κ1) is 17.7. The zero-order valence-electron chi connectivity index (χ0n) is 13.5. The van der Waals surface area contributed by atoms with E-state index >= 15 is 0 Å². The summed E-state index contributed by atoms with van der Waals surface area (Å²) in [5.74, 6) is -0.00956. The number of hydrogen-bond acceptors (Lipinski definition) is 4. The standard InChI is InChI=1S/C17H11ClF4N4O/c18-9-3-1-2-4-12(9)26-15-8(5-6-13(24-15)17(20,21)22)14(25-16(26)27)23-11-7-10(11)19/h1-6,10-11H,7H2,(H,23,25,27)/t10-,11-/m1/s1. The maximum Gasteiger partial charge on any atom is 0.433 e. The fourth-order valence-corrected chi connectivity index (χ4v) is 2.93. The van der Waals surface area contributed by atoms with E-state index in [0.717, 1.165) is 16.7 Å². The van der Waals surface area contributed by atoms with Crippen molar-refractivity contribution in [1.29, 1.82) is 0 Å². The van der Waals surface area contributed by atoms with Crippen molar-refractivity contribution in [3.05, 3.63) is 57.6 Å². The number of alkyl halides is 4. The van der Waals surface area contributed by atoms with E-state index in [1.165, 1.54) is 12.1 Å². The number of anilines is 1. The summed E-state index contributed by atoms with van der Waals surface area (Å²) in [5.41, 5.74) is -2.16. The summed E-state index contributed by atoms with van der Waals surface area (Å²) in [7, 11) is 0. The SMILES string of the molecule is O=c1nc(N[C@@H]2C[C@H]2F)c2ccc(C(F)(F)F)nc2n1-c1ccccc1Cl. The highest BCUT2D eigenvalue weighted by Gasteiger charge is 2.38. The topological polar surface area (TPSA) is 59.8 Å². The molecule has 140 valence electrons. The summed E-state index contributed by atoms with van der Waals surface area (Å²) in [5, 5.41) is 3.05. The number of fused-ring (bicyclic) bond motifs is 1. The van der Waals surface area contributed by atoms with E-state index in [0.29, 0.717) is 0 Å². The summed E-state index contributed by atoms with van der Waals surface area (Å²) < 4.78 is 53.6. The molecule has 0 spiro atoms. The average Bonchev–Trinajstić information content (AvgIpc) is 3.30. The number of halogens is 5. The zero-order chi connectivity index (χ0) is 19.3. The summed E-state index contributed by atoms with van der Waals surface area (Å²) in [6, 6.07) is 7.58. The fourth-order valence-electron chi connectivity index (χ4n) is 2.71. The van der Waals surface area contributed by atoms with Gasteiger partial charge in [-0.05, 0) is 24.3 Å². The Balaban J connectivity index is 2.01. The lowest BCUT2D eigenvalue weighted by Gasteiger charge is -2.15. The van der Waals surface area contributed by atoms with Crippen LogP contribution in [-0.2, 0) is 6.18 Å². The van der Waals surface area contributed by atoms with Crippen LogP contribution in [0.1, 0.15) is 12.1 Å². The molecule has 1 aliphatic carbocycles. The molecule has 0 aliphatic heterocycles. The molecule has 5 nitrogen and oxygen atoms in total.